The number of halogens is 1. The number of imide groups is 1. The van der Waals surface area contributed by atoms with Crippen molar-refractivity contribution in [3.8, 4) is 0 Å². The van der Waals surface area contributed by atoms with Crippen LogP contribution in [-0.2, 0) is 19.1 Å². The summed E-state index contributed by atoms with van der Waals surface area (Å²) in [5.41, 5.74) is 1.06. The molecule has 0 aromatic heterocycles. The van der Waals surface area contributed by atoms with Gasteiger partial charge in [0.1, 0.15) is 0 Å². The number of para-hydroxylation sites is 1. The van der Waals surface area contributed by atoms with Gasteiger partial charge in [0.15, 0.2) is 6.61 Å². The number of nitrogens with zero attached hydrogens (tertiary/aromatic N) is 1. The number of nitrogens with one attached hydrogen (secondary N) is 1. The first kappa shape index (κ1) is 20.5. The average molecular weight is 451 g/mol. The number of ether oxygens (including phenoxy) is 1. The zero-order valence-electron chi connectivity index (χ0n) is 16.9. The van der Waals surface area contributed by atoms with Gasteiger partial charge in [-0.2, -0.15) is 0 Å². The van der Waals surface area contributed by atoms with Crippen molar-refractivity contribution in [2.24, 2.45) is 23.7 Å². The number of rotatable bonds is 5. The monoisotopic (exact) mass is 450 g/mol. The van der Waals surface area contributed by atoms with Gasteiger partial charge < -0.3 is 10.1 Å². The Hall–Kier alpha value is -3.45. The summed E-state index contributed by atoms with van der Waals surface area (Å²) in [6.07, 6.45) is 4.96. The van der Waals surface area contributed by atoms with E-state index < -0.39 is 18.5 Å². The molecule has 3 aliphatic rings. The number of allylic oxidation sites excluding steroid dienone is 2. The lowest BCUT2D eigenvalue weighted by atomic mass is 9.85. The summed E-state index contributed by atoms with van der Waals surface area (Å²) in [6.45, 7) is -0.478. The van der Waals surface area contributed by atoms with Gasteiger partial charge in [-0.1, -0.05) is 35.9 Å². The SMILES string of the molecule is O=C(COC(=O)c1ccc(N2C(=O)[C@@H]3[C@H](C2=O)[C@H]2C=C[C@H]3C2)cc1)Nc1ccccc1Cl. The first-order valence-electron chi connectivity index (χ1n) is 10.3. The van der Waals surface area contributed by atoms with E-state index in [2.05, 4.69) is 5.32 Å². The Morgan fingerprint density at radius 2 is 1.59 bits per heavy atom. The molecule has 4 atom stereocenters. The predicted molar refractivity (Wildman–Crippen MR) is 117 cm³/mol. The molecule has 32 heavy (non-hydrogen) atoms. The summed E-state index contributed by atoms with van der Waals surface area (Å²) >= 11 is 5.99. The maximum Gasteiger partial charge on any atom is 0.338 e. The third-order valence-corrected chi connectivity index (χ3v) is 6.64. The van der Waals surface area contributed by atoms with Crippen molar-refractivity contribution in [3.05, 3.63) is 71.3 Å². The van der Waals surface area contributed by atoms with Crippen LogP contribution in [0.5, 0.6) is 0 Å². The number of anilines is 2. The predicted octanol–water partition coefficient (Wildman–Crippen LogP) is 3.45. The smallest absolute Gasteiger partial charge is 0.338 e. The van der Waals surface area contributed by atoms with Crippen molar-refractivity contribution in [3.63, 3.8) is 0 Å². The van der Waals surface area contributed by atoms with Crippen molar-refractivity contribution >= 4 is 46.7 Å². The van der Waals surface area contributed by atoms with E-state index in [0.717, 1.165) is 6.42 Å². The summed E-state index contributed by atoms with van der Waals surface area (Å²) in [5, 5.41) is 2.95. The number of benzene rings is 2. The molecule has 1 saturated heterocycles. The minimum Gasteiger partial charge on any atom is -0.452 e. The van der Waals surface area contributed by atoms with E-state index in [4.69, 9.17) is 16.3 Å². The first-order valence-corrected chi connectivity index (χ1v) is 10.7. The van der Waals surface area contributed by atoms with Gasteiger partial charge in [-0.25, -0.2) is 4.79 Å². The van der Waals surface area contributed by atoms with E-state index in [9.17, 15) is 19.2 Å². The topological polar surface area (TPSA) is 92.8 Å². The molecule has 1 aliphatic heterocycles. The standard InChI is InChI=1S/C24H19ClN2O5/c25-17-3-1-2-4-18(17)26-19(28)12-32-24(31)13-7-9-16(10-8-13)27-22(29)20-14-5-6-15(11-14)21(20)23(27)30/h1-10,14-15,20-21H,11-12H2,(H,26,28)/t14-,15-,20-,21+/m0/s1. The Morgan fingerprint density at radius 1 is 0.969 bits per heavy atom. The van der Waals surface area contributed by atoms with Crippen molar-refractivity contribution < 1.29 is 23.9 Å². The molecular formula is C24H19ClN2O5. The molecule has 2 aliphatic carbocycles. The highest BCUT2D eigenvalue weighted by molar-refractivity contribution is 6.33. The minimum absolute atomic E-state index is 0.137. The highest BCUT2D eigenvalue weighted by atomic mass is 35.5. The van der Waals surface area contributed by atoms with Crippen molar-refractivity contribution in [1.82, 2.24) is 0 Å². The van der Waals surface area contributed by atoms with E-state index in [0.29, 0.717) is 16.4 Å². The van der Waals surface area contributed by atoms with Crippen LogP contribution in [0.25, 0.3) is 0 Å². The van der Waals surface area contributed by atoms with E-state index in [-0.39, 0.29) is 41.0 Å². The second-order valence-electron chi connectivity index (χ2n) is 8.16. The molecule has 3 amide bonds. The normalized spacial score (nSPS) is 25.2. The number of hydrogen-bond acceptors (Lipinski definition) is 5. The molecule has 2 aromatic carbocycles. The van der Waals surface area contributed by atoms with Gasteiger partial charge >= 0.3 is 5.97 Å². The zero-order chi connectivity index (χ0) is 22.4. The summed E-state index contributed by atoms with van der Waals surface area (Å²) in [7, 11) is 0. The number of hydrogen-bond donors (Lipinski definition) is 1. The van der Waals surface area contributed by atoms with Crippen LogP contribution < -0.4 is 10.2 Å². The molecule has 1 N–H and O–H groups in total. The zero-order valence-corrected chi connectivity index (χ0v) is 17.6. The summed E-state index contributed by atoms with van der Waals surface area (Å²) in [6, 6.07) is 12.8. The van der Waals surface area contributed by atoms with Crippen LogP contribution in [0.4, 0.5) is 11.4 Å². The maximum absolute atomic E-state index is 12.9. The highest BCUT2D eigenvalue weighted by Crippen LogP contribution is 2.53. The lowest BCUT2D eigenvalue weighted by molar-refractivity contribution is -0.123. The molecule has 0 spiro atoms. The van der Waals surface area contributed by atoms with Gasteiger partial charge in [0.25, 0.3) is 5.91 Å². The number of esters is 1. The fourth-order valence-electron chi connectivity index (χ4n) is 4.87. The number of carbonyl (C=O) groups excluding carboxylic acids is 4. The Labute approximate surface area is 189 Å². The lowest BCUT2D eigenvalue weighted by Crippen LogP contribution is -2.32. The number of amides is 3. The van der Waals surface area contributed by atoms with Crippen LogP contribution in [0.15, 0.2) is 60.7 Å². The summed E-state index contributed by atoms with van der Waals surface area (Å²) < 4.78 is 5.06. The highest BCUT2D eigenvalue weighted by Gasteiger charge is 2.59. The molecule has 2 aromatic rings. The molecule has 1 saturated carbocycles. The van der Waals surface area contributed by atoms with E-state index >= 15 is 0 Å². The van der Waals surface area contributed by atoms with Crippen LogP contribution in [0.2, 0.25) is 5.02 Å². The molecular weight excluding hydrogens is 432 g/mol. The molecule has 2 bridgehead atoms. The van der Waals surface area contributed by atoms with Gasteiger partial charge in [0, 0.05) is 0 Å². The molecule has 0 unspecified atom stereocenters. The second-order valence-corrected chi connectivity index (χ2v) is 8.57. The van der Waals surface area contributed by atoms with Crippen molar-refractivity contribution in [2.75, 3.05) is 16.8 Å². The summed E-state index contributed by atoms with van der Waals surface area (Å²) in [4.78, 5) is 51.3. The second kappa shape index (κ2) is 7.91. The average Bonchev–Trinajstić information content (AvgIpc) is 3.47. The molecule has 5 rings (SSSR count). The molecule has 0 radical (unpaired) electrons. The van der Waals surface area contributed by atoms with Crippen LogP contribution >= 0.6 is 11.6 Å². The third kappa shape index (κ3) is 3.39. The van der Waals surface area contributed by atoms with Gasteiger partial charge in [-0.15, -0.1) is 0 Å². The quantitative estimate of drug-likeness (QED) is 0.428. The first-order chi connectivity index (χ1) is 15.4. The van der Waals surface area contributed by atoms with E-state index in [1.165, 1.54) is 17.0 Å². The van der Waals surface area contributed by atoms with E-state index in [1.54, 1.807) is 36.4 Å². The number of fused-ring (bicyclic) bond motifs is 5. The van der Waals surface area contributed by atoms with Crippen LogP contribution in [-0.4, -0.2) is 30.3 Å². The Balaban J connectivity index is 1.21. The molecule has 7 nitrogen and oxygen atoms in total. The fraction of sp³-hybridized carbons (Fsp3) is 0.250. The molecule has 162 valence electrons. The lowest BCUT2D eigenvalue weighted by Gasteiger charge is -2.17. The largest absolute Gasteiger partial charge is 0.452 e. The van der Waals surface area contributed by atoms with E-state index in [1.807, 2.05) is 12.2 Å². The Kier molecular flexibility index (Phi) is 5.06. The van der Waals surface area contributed by atoms with Gasteiger partial charge in [-0.3, -0.25) is 19.3 Å². The molecule has 8 heteroatoms. The maximum atomic E-state index is 12.9. The molecule has 2 fully saturated rings. The fourth-order valence-corrected chi connectivity index (χ4v) is 5.05. The summed E-state index contributed by atoms with van der Waals surface area (Å²) in [5.74, 6) is -1.85. The number of carbonyl (C=O) groups is 4. The van der Waals surface area contributed by atoms with Crippen LogP contribution in [0.1, 0.15) is 16.8 Å². The van der Waals surface area contributed by atoms with Crippen LogP contribution in [0, 0.1) is 23.7 Å². The van der Waals surface area contributed by atoms with Gasteiger partial charge in [0.05, 0.1) is 33.8 Å². The van der Waals surface area contributed by atoms with Gasteiger partial charge in [-0.05, 0) is 54.7 Å². The van der Waals surface area contributed by atoms with Crippen molar-refractivity contribution in [1.29, 1.82) is 0 Å². The third-order valence-electron chi connectivity index (χ3n) is 6.31. The van der Waals surface area contributed by atoms with Crippen molar-refractivity contribution in [2.45, 2.75) is 6.42 Å². The van der Waals surface area contributed by atoms with Crippen LogP contribution in [0.3, 0.4) is 0 Å². The minimum atomic E-state index is -0.691. The Morgan fingerprint density at radius 3 is 2.22 bits per heavy atom. The van der Waals surface area contributed by atoms with Gasteiger partial charge in [0.2, 0.25) is 11.8 Å². The molecule has 1 heterocycles. The Bertz CT molecular complexity index is 1130.